The van der Waals surface area contributed by atoms with E-state index in [9.17, 15) is 9.90 Å². The maximum absolute atomic E-state index is 12.1. The van der Waals surface area contributed by atoms with E-state index in [0.717, 1.165) is 83.7 Å². The Morgan fingerprint density at radius 2 is 1.50 bits per heavy atom. The van der Waals surface area contributed by atoms with E-state index in [1.165, 1.54) is 6.42 Å². The quantitative estimate of drug-likeness (QED) is 0.390. The van der Waals surface area contributed by atoms with Crippen LogP contribution in [0, 0.1) is 28.1 Å². The van der Waals surface area contributed by atoms with Crippen LogP contribution in [-0.4, -0.2) is 56.3 Å². The fourth-order valence-corrected chi connectivity index (χ4v) is 7.47. The van der Waals surface area contributed by atoms with E-state index in [1.807, 2.05) is 0 Å². The average molecular weight is 449 g/mol. The lowest BCUT2D eigenvalue weighted by atomic mass is 9.47. The van der Waals surface area contributed by atoms with Crippen molar-refractivity contribution in [3.8, 4) is 0 Å². The molecule has 0 aromatic heterocycles. The van der Waals surface area contributed by atoms with Gasteiger partial charge in [0, 0.05) is 22.9 Å². The van der Waals surface area contributed by atoms with Crippen molar-refractivity contribution in [3.05, 3.63) is 11.3 Å². The number of allylic oxidation sites excluding steroid dienone is 1. The smallest absolute Gasteiger partial charge is 0.334 e. The average Bonchev–Trinajstić information content (AvgIpc) is 2.66. The molecule has 2 atom stereocenters. The second-order valence-electron chi connectivity index (χ2n) is 12.5. The van der Waals surface area contributed by atoms with Gasteiger partial charge in [-0.05, 0) is 70.1 Å². The first-order valence-electron chi connectivity index (χ1n) is 12.5. The second kappa shape index (κ2) is 7.99. The van der Waals surface area contributed by atoms with E-state index < -0.39 is 5.97 Å². The lowest BCUT2D eigenvalue weighted by Crippen LogP contribution is -2.58. The van der Waals surface area contributed by atoms with Gasteiger partial charge in [0.05, 0.1) is 44.2 Å². The van der Waals surface area contributed by atoms with Crippen molar-refractivity contribution in [2.45, 2.75) is 77.7 Å². The number of carboxylic acid groups (broad SMARTS) is 1. The SMILES string of the molecule is CC(C(=O)O)=C(OCCC1(C)COC1)C12CC3CC(CC(OCCC4(C)COC4)(C3)C1)C2. The summed E-state index contributed by atoms with van der Waals surface area (Å²) in [6, 6.07) is 0. The molecule has 6 fully saturated rings. The van der Waals surface area contributed by atoms with Crippen LogP contribution < -0.4 is 0 Å². The third-order valence-electron chi connectivity index (χ3n) is 9.02. The van der Waals surface area contributed by atoms with Gasteiger partial charge in [-0.3, -0.25) is 0 Å². The van der Waals surface area contributed by atoms with Gasteiger partial charge in [0.2, 0.25) is 0 Å². The Morgan fingerprint density at radius 1 is 0.938 bits per heavy atom. The van der Waals surface area contributed by atoms with Gasteiger partial charge in [0.15, 0.2) is 0 Å². The summed E-state index contributed by atoms with van der Waals surface area (Å²) in [6.45, 7) is 10.8. The molecular weight excluding hydrogens is 408 g/mol. The Hall–Kier alpha value is -1.11. The summed E-state index contributed by atoms with van der Waals surface area (Å²) in [6.07, 6.45) is 8.41. The topological polar surface area (TPSA) is 74.2 Å². The number of carboxylic acids is 1. The van der Waals surface area contributed by atoms with E-state index in [-0.39, 0.29) is 21.8 Å². The zero-order chi connectivity index (χ0) is 22.6. The van der Waals surface area contributed by atoms with E-state index in [4.69, 9.17) is 18.9 Å². The van der Waals surface area contributed by atoms with Crippen molar-refractivity contribution < 1.29 is 28.8 Å². The van der Waals surface area contributed by atoms with Gasteiger partial charge in [-0.2, -0.15) is 0 Å². The number of aliphatic carboxylic acids is 1. The molecule has 0 amide bonds. The molecule has 6 aliphatic rings. The van der Waals surface area contributed by atoms with Crippen molar-refractivity contribution in [2.75, 3.05) is 39.6 Å². The first-order valence-corrected chi connectivity index (χ1v) is 12.5. The highest BCUT2D eigenvalue weighted by Gasteiger charge is 2.61. The Bertz CT molecular complexity index is 763. The molecule has 4 saturated carbocycles. The van der Waals surface area contributed by atoms with Crippen LogP contribution in [0.15, 0.2) is 11.3 Å². The molecule has 32 heavy (non-hydrogen) atoms. The van der Waals surface area contributed by atoms with Crippen LogP contribution in [0.4, 0.5) is 0 Å². The molecule has 6 heteroatoms. The Labute approximate surface area is 192 Å². The predicted molar refractivity (Wildman–Crippen MR) is 119 cm³/mol. The van der Waals surface area contributed by atoms with Crippen LogP contribution in [0.3, 0.4) is 0 Å². The zero-order valence-corrected chi connectivity index (χ0v) is 20.0. The Balaban J connectivity index is 1.33. The third kappa shape index (κ3) is 4.12. The number of ether oxygens (including phenoxy) is 4. The standard InChI is InChI=1S/C26H40O6/c1-18(22(27)28)21(31-6-4-23(2)14-29-15-23)25-9-19-8-20(10-25)12-26(11-19,13-25)32-7-5-24(3)16-30-17-24/h19-20H,4-17H2,1-3H3,(H,27,28). The van der Waals surface area contributed by atoms with Crippen molar-refractivity contribution in [2.24, 2.45) is 28.1 Å². The molecule has 0 radical (unpaired) electrons. The number of carbonyl (C=O) groups is 1. The van der Waals surface area contributed by atoms with E-state index >= 15 is 0 Å². The van der Waals surface area contributed by atoms with Gasteiger partial charge in [-0.15, -0.1) is 0 Å². The molecule has 6 rings (SSSR count). The summed E-state index contributed by atoms with van der Waals surface area (Å²) in [7, 11) is 0. The van der Waals surface area contributed by atoms with Crippen molar-refractivity contribution in [3.63, 3.8) is 0 Å². The Kier molecular flexibility index (Phi) is 5.66. The number of rotatable bonds is 10. The molecule has 2 heterocycles. The molecule has 2 unspecified atom stereocenters. The summed E-state index contributed by atoms with van der Waals surface area (Å²) in [4.78, 5) is 12.1. The van der Waals surface area contributed by atoms with Crippen LogP contribution in [-0.2, 0) is 23.7 Å². The predicted octanol–water partition coefficient (Wildman–Crippen LogP) is 4.57. The highest BCUT2D eigenvalue weighted by Crippen LogP contribution is 2.65. The first-order chi connectivity index (χ1) is 15.1. The molecule has 1 N–H and O–H groups in total. The number of hydrogen-bond acceptors (Lipinski definition) is 5. The molecule has 6 nitrogen and oxygen atoms in total. The molecular formula is C26H40O6. The van der Waals surface area contributed by atoms with Crippen molar-refractivity contribution in [1.29, 1.82) is 0 Å². The molecule has 2 aliphatic heterocycles. The molecule has 0 spiro atoms. The van der Waals surface area contributed by atoms with Gasteiger partial charge in [0.25, 0.3) is 0 Å². The van der Waals surface area contributed by atoms with Crippen LogP contribution >= 0.6 is 0 Å². The fraction of sp³-hybridized carbons (Fsp3) is 0.885. The molecule has 0 aromatic rings. The minimum atomic E-state index is -0.859. The summed E-state index contributed by atoms with van der Waals surface area (Å²) in [5.74, 6) is 1.10. The van der Waals surface area contributed by atoms with Crippen molar-refractivity contribution in [1.82, 2.24) is 0 Å². The van der Waals surface area contributed by atoms with Crippen molar-refractivity contribution >= 4 is 5.97 Å². The fourth-order valence-electron chi connectivity index (χ4n) is 7.47. The lowest BCUT2D eigenvalue weighted by molar-refractivity contribution is -0.202. The molecule has 180 valence electrons. The van der Waals surface area contributed by atoms with E-state index in [0.29, 0.717) is 24.0 Å². The largest absolute Gasteiger partial charge is 0.497 e. The molecule has 4 aliphatic carbocycles. The highest BCUT2D eigenvalue weighted by molar-refractivity contribution is 5.86. The molecule has 4 bridgehead atoms. The van der Waals surface area contributed by atoms with Crippen LogP contribution in [0.25, 0.3) is 0 Å². The maximum Gasteiger partial charge on any atom is 0.334 e. The molecule has 2 saturated heterocycles. The Morgan fingerprint density at radius 3 is 2.00 bits per heavy atom. The van der Waals surface area contributed by atoms with Crippen LogP contribution in [0.1, 0.15) is 72.1 Å². The van der Waals surface area contributed by atoms with Crippen LogP contribution in [0.2, 0.25) is 0 Å². The second-order valence-corrected chi connectivity index (χ2v) is 12.5. The van der Waals surface area contributed by atoms with Crippen LogP contribution in [0.5, 0.6) is 0 Å². The maximum atomic E-state index is 12.1. The first kappa shape index (κ1) is 22.7. The van der Waals surface area contributed by atoms with Gasteiger partial charge < -0.3 is 24.1 Å². The summed E-state index contributed by atoms with van der Waals surface area (Å²) in [5, 5.41) is 9.90. The normalized spacial score (nSPS) is 39.1. The third-order valence-corrected chi connectivity index (χ3v) is 9.02. The summed E-state index contributed by atoms with van der Waals surface area (Å²) in [5.41, 5.74) is 0.501. The van der Waals surface area contributed by atoms with Gasteiger partial charge in [0.1, 0.15) is 5.76 Å². The molecule has 0 aromatic carbocycles. The van der Waals surface area contributed by atoms with Gasteiger partial charge in [-0.25, -0.2) is 4.79 Å². The number of hydrogen-bond donors (Lipinski definition) is 1. The van der Waals surface area contributed by atoms with E-state index in [2.05, 4.69) is 13.8 Å². The minimum absolute atomic E-state index is 0.119. The van der Waals surface area contributed by atoms with E-state index in [1.54, 1.807) is 6.92 Å². The monoisotopic (exact) mass is 448 g/mol. The summed E-state index contributed by atoms with van der Waals surface area (Å²) < 4.78 is 23.9. The summed E-state index contributed by atoms with van der Waals surface area (Å²) >= 11 is 0. The highest BCUT2D eigenvalue weighted by atomic mass is 16.5. The van der Waals surface area contributed by atoms with Gasteiger partial charge >= 0.3 is 5.97 Å². The minimum Gasteiger partial charge on any atom is -0.497 e. The zero-order valence-electron chi connectivity index (χ0n) is 20.0. The van der Waals surface area contributed by atoms with Gasteiger partial charge in [-0.1, -0.05) is 13.8 Å². The lowest BCUT2D eigenvalue weighted by Gasteiger charge is -2.62.